The highest BCUT2D eigenvalue weighted by atomic mass is 16.3. The van der Waals surface area contributed by atoms with E-state index >= 15 is 0 Å². The molecular weight excluding hydrogens is 156 g/mol. The number of carbonyl (C=O) groups is 1. The molecule has 0 aliphatic rings. The average molecular weight is 172 g/mol. The second-order valence-corrected chi connectivity index (χ2v) is 2.29. The van der Waals surface area contributed by atoms with Crippen LogP contribution in [-0.2, 0) is 0 Å². The summed E-state index contributed by atoms with van der Waals surface area (Å²) in [5.41, 5.74) is 0. The van der Waals surface area contributed by atoms with Crippen LogP contribution < -0.4 is 5.32 Å². The van der Waals surface area contributed by atoms with Crippen molar-refractivity contribution < 1.29 is 9.90 Å². The zero-order valence-corrected chi connectivity index (χ0v) is 7.42. The molecule has 0 rings (SSSR count). The maximum absolute atomic E-state index is 11.2. The van der Waals surface area contributed by atoms with Crippen molar-refractivity contribution in [2.75, 3.05) is 26.2 Å². The molecule has 12 heavy (non-hydrogen) atoms. The van der Waals surface area contributed by atoms with Gasteiger partial charge >= 0.3 is 6.03 Å². The highest BCUT2D eigenvalue weighted by molar-refractivity contribution is 5.74. The first-order chi connectivity index (χ1) is 5.76. The number of hydrogen-bond acceptors (Lipinski definition) is 2. The van der Waals surface area contributed by atoms with Crippen LogP contribution in [0.4, 0.5) is 4.79 Å². The third-order valence-electron chi connectivity index (χ3n) is 1.33. The van der Waals surface area contributed by atoms with Crippen molar-refractivity contribution >= 4 is 6.03 Å². The van der Waals surface area contributed by atoms with Gasteiger partial charge < -0.3 is 15.3 Å². The number of carbonyl (C=O) groups excluding carboxylic acids is 1. The molecule has 0 aromatic rings. The Morgan fingerprint density at radius 2 is 2.42 bits per heavy atom. The summed E-state index contributed by atoms with van der Waals surface area (Å²) in [6.07, 6.45) is 1.63. The largest absolute Gasteiger partial charge is 0.395 e. The van der Waals surface area contributed by atoms with Gasteiger partial charge in [0.25, 0.3) is 0 Å². The first kappa shape index (κ1) is 11.0. The van der Waals surface area contributed by atoms with Crippen molar-refractivity contribution in [2.45, 2.75) is 6.92 Å². The minimum absolute atomic E-state index is 0.0228. The van der Waals surface area contributed by atoms with Gasteiger partial charge in [0, 0.05) is 19.6 Å². The molecule has 0 spiro atoms. The lowest BCUT2D eigenvalue weighted by Crippen LogP contribution is -2.41. The van der Waals surface area contributed by atoms with E-state index in [4.69, 9.17) is 5.11 Å². The molecular formula is C8H16N2O2. The van der Waals surface area contributed by atoms with E-state index in [-0.39, 0.29) is 12.6 Å². The molecule has 4 nitrogen and oxygen atoms in total. The molecule has 70 valence electrons. The molecule has 0 aromatic carbocycles. The summed E-state index contributed by atoms with van der Waals surface area (Å²) in [4.78, 5) is 12.7. The molecule has 0 saturated heterocycles. The third kappa shape index (κ3) is 3.98. The number of aliphatic hydroxyl groups is 1. The Morgan fingerprint density at radius 1 is 1.75 bits per heavy atom. The van der Waals surface area contributed by atoms with Crippen molar-refractivity contribution in [3.05, 3.63) is 12.7 Å². The molecule has 0 atom stereocenters. The van der Waals surface area contributed by atoms with Gasteiger partial charge in [0.1, 0.15) is 0 Å². The Bertz CT molecular complexity index is 148. The minimum Gasteiger partial charge on any atom is -0.395 e. The van der Waals surface area contributed by atoms with E-state index in [1.165, 1.54) is 4.90 Å². The molecule has 2 N–H and O–H groups in total. The summed E-state index contributed by atoms with van der Waals surface area (Å²) < 4.78 is 0. The molecule has 2 amide bonds. The fourth-order valence-electron chi connectivity index (χ4n) is 0.815. The Labute approximate surface area is 72.9 Å². The highest BCUT2D eigenvalue weighted by Crippen LogP contribution is 1.88. The van der Waals surface area contributed by atoms with Gasteiger partial charge in [0.2, 0.25) is 0 Å². The number of aliphatic hydroxyl groups excluding tert-OH is 1. The number of urea groups is 1. The quantitative estimate of drug-likeness (QED) is 0.582. The molecule has 0 bridgehead atoms. The Kier molecular flexibility index (Phi) is 6.09. The SMILES string of the molecule is C=CCN(CCO)C(=O)NCC. The van der Waals surface area contributed by atoms with Crippen molar-refractivity contribution in [1.29, 1.82) is 0 Å². The normalized spacial score (nSPS) is 9.17. The summed E-state index contributed by atoms with van der Waals surface area (Å²) in [7, 11) is 0. The third-order valence-corrected chi connectivity index (χ3v) is 1.33. The van der Waals surface area contributed by atoms with E-state index in [0.717, 1.165) is 0 Å². The predicted octanol–water partition coefficient (Wildman–Crippen LogP) is 0.196. The second kappa shape index (κ2) is 6.67. The molecule has 0 aliphatic heterocycles. The molecule has 0 fully saturated rings. The highest BCUT2D eigenvalue weighted by Gasteiger charge is 2.08. The molecule has 0 radical (unpaired) electrons. The Hall–Kier alpha value is -1.03. The molecule has 0 aliphatic carbocycles. The summed E-state index contributed by atoms with van der Waals surface area (Å²) in [5, 5.41) is 11.3. The van der Waals surface area contributed by atoms with Gasteiger partial charge in [-0.05, 0) is 6.92 Å². The van der Waals surface area contributed by atoms with E-state index in [2.05, 4.69) is 11.9 Å². The fourth-order valence-corrected chi connectivity index (χ4v) is 0.815. The molecule has 0 aromatic heterocycles. The van der Waals surface area contributed by atoms with Crippen LogP contribution in [0.2, 0.25) is 0 Å². The maximum atomic E-state index is 11.2. The zero-order chi connectivity index (χ0) is 9.40. The van der Waals surface area contributed by atoms with Crippen molar-refractivity contribution in [2.24, 2.45) is 0 Å². The lowest BCUT2D eigenvalue weighted by Gasteiger charge is -2.19. The van der Waals surface area contributed by atoms with Crippen molar-refractivity contribution in [3.8, 4) is 0 Å². The van der Waals surface area contributed by atoms with Crippen LogP contribution in [0.5, 0.6) is 0 Å². The van der Waals surface area contributed by atoms with Crippen LogP contribution in [0.25, 0.3) is 0 Å². The van der Waals surface area contributed by atoms with Gasteiger partial charge in [-0.3, -0.25) is 0 Å². The second-order valence-electron chi connectivity index (χ2n) is 2.29. The number of nitrogens with zero attached hydrogens (tertiary/aromatic N) is 1. The van der Waals surface area contributed by atoms with Crippen LogP contribution in [0.1, 0.15) is 6.92 Å². The lowest BCUT2D eigenvalue weighted by molar-refractivity contribution is 0.184. The fraction of sp³-hybridized carbons (Fsp3) is 0.625. The van der Waals surface area contributed by atoms with Crippen molar-refractivity contribution in [3.63, 3.8) is 0 Å². The van der Waals surface area contributed by atoms with Gasteiger partial charge in [-0.2, -0.15) is 0 Å². The van der Waals surface area contributed by atoms with E-state index in [9.17, 15) is 4.79 Å². The topological polar surface area (TPSA) is 52.6 Å². The Balaban J connectivity index is 3.89. The van der Waals surface area contributed by atoms with Crippen LogP contribution in [0, 0.1) is 0 Å². The lowest BCUT2D eigenvalue weighted by atomic mass is 10.5. The standard InChI is InChI=1S/C8H16N2O2/c1-3-5-10(6-7-11)8(12)9-4-2/h3,11H,1,4-7H2,2H3,(H,9,12). The summed E-state index contributed by atoms with van der Waals surface area (Å²) in [6, 6.07) is -0.161. The monoisotopic (exact) mass is 172 g/mol. The number of amides is 2. The van der Waals surface area contributed by atoms with Crippen molar-refractivity contribution in [1.82, 2.24) is 10.2 Å². The van der Waals surface area contributed by atoms with E-state index in [1.54, 1.807) is 6.08 Å². The molecule has 0 saturated carbocycles. The number of hydrogen-bond donors (Lipinski definition) is 2. The van der Waals surface area contributed by atoms with Gasteiger partial charge in [0.15, 0.2) is 0 Å². The first-order valence-electron chi connectivity index (χ1n) is 4.00. The van der Waals surface area contributed by atoms with Crippen LogP contribution in [0.3, 0.4) is 0 Å². The first-order valence-corrected chi connectivity index (χ1v) is 4.00. The van der Waals surface area contributed by atoms with Crippen LogP contribution >= 0.6 is 0 Å². The number of rotatable bonds is 5. The molecule has 4 heteroatoms. The van der Waals surface area contributed by atoms with Crippen LogP contribution in [-0.4, -0.2) is 42.3 Å². The van der Waals surface area contributed by atoms with Gasteiger partial charge in [0.05, 0.1) is 6.61 Å². The number of nitrogens with one attached hydrogen (secondary N) is 1. The summed E-state index contributed by atoms with van der Waals surface area (Å²) >= 11 is 0. The molecule has 0 heterocycles. The van der Waals surface area contributed by atoms with Gasteiger partial charge in [-0.25, -0.2) is 4.79 Å². The average Bonchev–Trinajstić information content (AvgIpc) is 2.04. The summed E-state index contributed by atoms with van der Waals surface area (Å²) in [6.45, 7) is 6.75. The van der Waals surface area contributed by atoms with Gasteiger partial charge in [-0.15, -0.1) is 6.58 Å². The van der Waals surface area contributed by atoms with E-state index in [0.29, 0.717) is 19.6 Å². The smallest absolute Gasteiger partial charge is 0.317 e. The zero-order valence-electron chi connectivity index (χ0n) is 7.42. The van der Waals surface area contributed by atoms with E-state index in [1.807, 2.05) is 6.92 Å². The predicted molar refractivity (Wildman–Crippen MR) is 47.9 cm³/mol. The molecule has 0 unspecified atom stereocenters. The van der Waals surface area contributed by atoms with E-state index < -0.39 is 0 Å². The minimum atomic E-state index is -0.161. The summed E-state index contributed by atoms with van der Waals surface area (Å²) in [5.74, 6) is 0. The van der Waals surface area contributed by atoms with Gasteiger partial charge in [-0.1, -0.05) is 6.08 Å². The Morgan fingerprint density at radius 3 is 2.83 bits per heavy atom. The maximum Gasteiger partial charge on any atom is 0.317 e. The van der Waals surface area contributed by atoms with Crippen LogP contribution in [0.15, 0.2) is 12.7 Å².